The lowest BCUT2D eigenvalue weighted by atomic mass is 10.3. The lowest BCUT2D eigenvalue weighted by Gasteiger charge is -2.10. The molecule has 1 aromatic rings. The molecule has 0 aromatic heterocycles. The molecular formula is C14H21NO3. The van der Waals surface area contributed by atoms with E-state index in [0.717, 1.165) is 12.2 Å². The quantitative estimate of drug-likeness (QED) is 0.809. The molecule has 0 bridgehead atoms. The molecule has 0 saturated carbocycles. The lowest BCUT2D eigenvalue weighted by molar-refractivity contribution is -0.123. The first-order valence-corrected chi connectivity index (χ1v) is 6.27. The first-order valence-electron chi connectivity index (χ1n) is 6.27. The highest BCUT2D eigenvalue weighted by atomic mass is 16.5. The van der Waals surface area contributed by atoms with E-state index in [1.165, 1.54) is 0 Å². The Balaban J connectivity index is 2.44. The highest BCUT2D eigenvalue weighted by Crippen LogP contribution is 2.19. The Labute approximate surface area is 108 Å². The standard InChI is InChI=1S/C14H21NO3/c1-4-8-17-12-6-5-7-13(9-12)18-10-14(16)15-11(2)3/h5-7,9,11H,4,8,10H2,1-3H3,(H,15,16). The number of hydrogen-bond acceptors (Lipinski definition) is 3. The van der Waals surface area contributed by atoms with Gasteiger partial charge in [0.1, 0.15) is 11.5 Å². The van der Waals surface area contributed by atoms with Gasteiger partial charge in [-0.1, -0.05) is 13.0 Å². The average Bonchev–Trinajstić information content (AvgIpc) is 2.33. The third-order valence-electron chi connectivity index (χ3n) is 2.10. The monoisotopic (exact) mass is 251 g/mol. The van der Waals surface area contributed by atoms with Crippen molar-refractivity contribution in [2.75, 3.05) is 13.2 Å². The van der Waals surface area contributed by atoms with Gasteiger partial charge in [-0.2, -0.15) is 0 Å². The predicted octanol–water partition coefficient (Wildman–Crippen LogP) is 2.38. The Bertz CT molecular complexity index is 377. The summed E-state index contributed by atoms with van der Waals surface area (Å²) in [5.74, 6) is 1.28. The first-order chi connectivity index (χ1) is 8.61. The van der Waals surface area contributed by atoms with Crippen LogP contribution in [0.15, 0.2) is 24.3 Å². The van der Waals surface area contributed by atoms with E-state index in [4.69, 9.17) is 9.47 Å². The SMILES string of the molecule is CCCOc1cccc(OCC(=O)NC(C)C)c1. The van der Waals surface area contributed by atoms with E-state index >= 15 is 0 Å². The fourth-order valence-corrected chi connectivity index (χ4v) is 1.39. The van der Waals surface area contributed by atoms with Crippen molar-refractivity contribution in [3.05, 3.63) is 24.3 Å². The van der Waals surface area contributed by atoms with Crippen LogP contribution in [0.3, 0.4) is 0 Å². The van der Waals surface area contributed by atoms with E-state index in [1.807, 2.05) is 32.0 Å². The lowest BCUT2D eigenvalue weighted by Crippen LogP contribution is -2.34. The van der Waals surface area contributed by atoms with E-state index in [-0.39, 0.29) is 18.6 Å². The summed E-state index contributed by atoms with van der Waals surface area (Å²) in [7, 11) is 0. The maximum absolute atomic E-state index is 11.4. The zero-order valence-corrected chi connectivity index (χ0v) is 11.2. The Morgan fingerprint density at radius 1 is 1.28 bits per heavy atom. The Kier molecular flexibility index (Phi) is 6.05. The molecule has 0 aliphatic carbocycles. The normalized spacial score (nSPS) is 10.2. The molecule has 0 unspecified atom stereocenters. The summed E-state index contributed by atoms with van der Waals surface area (Å²) < 4.78 is 10.9. The third-order valence-corrected chi connectivity index (χ3v) is 2.10. The van der Waals surface area contributed by atoms with Crippen molar-refractivity contribution >= 4 is 5.91 Å². The molecule has 0 aliphatic heterocycles. The van der Waals surface area contributed by atoms with Gasteiger partial charge in [0.05, 0.1) is 6.61 Å². The molecule has 0 radical (unpaired) electrons. The second kappa shape index (κ2) is 7.58. The summed E-state index contributed by atoms with van der Waals surface area (Å²) in [5, 5.41) is 2.77. The molecule has 0 saturated heterocycles. The van der Waals surface area contributed by atoms with Crippen LogP contribution in [0.25, 0.3) is 0 Å². The number of ether oxygens (including phenoxy) is 2. The van der Waals surface area contributed by atoms with Gasteiger partial charge >= 0.3 is 0 Å². The highest BCUT2D eigenvalue weighted by Gasteiger charge is 2.04. The van der Waals surface area contributed by atoms with Crippen molar-refractivity contribution < 1.29 is 14.3 Å². The van der Waals surface area contributed by atoms with Gasteiger partial charge in [0.15, 0.2) is 6.61 Å². The molecule has 18 heavy (non-hydrogen) atoms. The maximum atomic E-state index is 11.4. The van der Waals surface area contributed by atoms with Crippen LogP contribution in [0.5, 0.6) is 11.5 Å². The van der Waals surface area contributed by atoms with Crippen molar-refractivity contribution in [3.63, 3.8) is 0 Å². The van der Waals surface area contributed by atoms with Gasteiger partial charge < -0.3 is 14.8 Å². The minimum atomic E-state index is -0.120. The molecule has 1 rings (SSSR count). The largest absolute Gasteiger partial charge is 0.493 e. The zero-order valence-electron chi connectivity index (χ0n) is 11.2. The second-order valence-corrected chi connectivity index (χ2v) is 4.33. The summed E-state index contributed by atoms with van der Waals surface area (Å²) in [4.78, 5) is 11.4. The number of carbonyl (C=O) groups is 1. The number of carbonyl (C=O) groups excluding carboxylic acids is 1. The van der Waals surface area contributed by atoms with Gasteiger partial charge in [-0.15, -0.1) is 0 Å². The Hall–Kier alpha value is -1.71. The summed E-state index contributed by atoms with van der Waals surface area (Å²) in [5.41, 5.74) is 0. The highest BCUT2D eigenvalue weighted by molar-refractivity contribution is 5.77. The van der Waals surface area contributed by atoms with E-state index < -0.39 is 0 Å². The first kappa shape index (κ1) is 14.4. The second-order valence-electron chi connectivity index (χ2n) is 4.33. The number of benzene rings is 1. The van der Waals surface area contributed by atoms with Gasteiger partial charge in [-0.25, -0.2) is 0 Å². The van der Waals surface area contributed by atoms with Crippen LogP contribution >= 0.6 is 0 Å². The molecule has 1 amide bonds. The molecule has 4 heteroatoms. The third kappa shape index (κ3) is 5.57. The van der Waals surface area contributed by atoms with E-state index in [1.54, 1.807) is 6.07 Å². The smallest absolute Gasteiger partial charge is 0.258 e. The van der Waals surface area contributed by atoms with Gasteiger partial charge in [0.2, 0.25) is 0 Å². The van der Waals surface area contributed by atoms with Crippen LogP contribution in [0, 0.1) is 0 Å². The van der Waals surface area contributed by atoms with Gasteiger partial charge in [-0.3, -0.25) is 4.79 Å². The van der Waals surface area contributed by atoms with Crippen LogP contribution in [-0.2, 0) is 4.79 Å². The Morgan fingerprint density at radius 2 is 1.94 bits per heavy atom. The number of rotatable bonds is 7. The van der Waals surface area contributed by atoms with Crippen LogP contribution in [0.4, 0.5) is 0 Å². The molecule has 4 nitrogen and oxygen atoms in total. The molecule has 100 valence electrons. The molecule has 1 aromatic carbocycles. The summed E-state index contributed by atoms with van der Waals surface area (Å²) >= 11 is 0. The minimum Gasteiger partial charge on any atom is -0.493 e. The fraction of sp³-hybridized carbons (Fsp3) is 0.500. The van der Waals surface area contributed by atoms with Gasteiger partial charge in [0, 0.05) is 12.1 Å². The maximum Gasteiger partial charge on any atom is 0.258 e. The van der Waals surface area contributed by atoms with E-state index in [0.29, 0.717) is 12.4 Å². The average molecular weight is 251 g/mol. The number of amides is 1. The summed E-state index contributed by atoms with van der Waals surface area (Å²) in [6, 6.07) is 7.44. The predicted molar refractivity (Wildman–Crippen MR) is 71.0 cm³/mol. The van der Waals surface area contributed by atoms with Crippen molar-refractivity contribution in [1.82, 2.24) is 5.32 Å². The topological polar surface area (TPSA) is 47.6 Å². The fourth-order valence-electron chi connectivity index (χ4n) is 1.39. The van der Waals surface area contributed by atoms with Crippen molar-refractivity contribution in [2.45, 2.75) is 33.2 Å². The minimum absolute atomic E-state index is 0.0232. The van der Waals surface area contributed by atoms with Crippen molar-refractivity contribution in [3.8, 4) is 11.5 Å². The van der Waals surface area contributed by atoms with E-state index in [2.05, 4.69) is 12.2 Å². The molecule has 1 N–H and O–H groups in total. The zero-order chi connectivity index (χ0) is 13.4. The van der Waals surface area contributed by atoms with Crippen LogP contribution < -0.4 is 14.8 Å². The van der Waals surface area contributed by atoms with Crippen molar-refractivity contribution in [2.24, 2.45) is 0 Å². The van der Waals surface area contributed by atoms with Crippen LogP contribution in [-0.4, -0.2) is 25.2 Å². The molecule has 0 aliphatic rings. The van der Waals surface area contributed by atoms with E-state index in [9.17, 15) is 4.79 Å². The molecule has 0 heterocycles. The van der Waals surface area contributed by atoms with Crippen LogP contribution in [0.1, 0.15) is 27.2 Å². The molecule has 0 fully saturated rings. The van der Waals surface area contributed by atoms with Crippen LogP contribution in [0.2, 0.25) is 0 Å². The molecular weight excluding hydrogens is 230 g/mol. The Morgan fingerprint density at radius 3 is 2.56 bits per heavy atom. The van der Waals surface area contributed by atoms with Crippen molar-refractivity contribution in [1.29, 1.82) is 0 Å². The number of nitrogens with one attached hydrogen (secondary N) is 1. The number of hydrogen-bond donors (Lipinski definition) is 1. The summed E-state index contributed by atoms with van der Waals surface area (Å²) in [6.45, 7) is 6.58. The molecule has 0 atom stereocenters. The van der Waals surface area contributed by atoms with Gasteiger partial charge in [0.25, 0.3) is 5.91 Å². The summed E-state index contributed by atoms with van der Waals surface area (Å²) in [6.07, 6.45) is 0.960. The molecule has 0 spiro atoms. The van der Waals surface area contributed by atoms with Gasteiger partial charge in [-0.05, 0) is 32.4 Å².